The Balaban J connectivity index is 2.37. The second-order valence-corrected chi connectivity index (χ2v) is 4.61. The molecule has 0 fully saturated rings. The van der Waals surface area contributed by atoms with E-state index in [9.17, 15) is 4.79 Å². The van der Waals surface area contributed by atoms with Crippen LogP contribution in [-0.2, 0) is 0 Å². The van der Waals surface area contributed by atoms with Crippen molar-refractivity contribution in [3.63, 3.8) is 0 Å². The zero-order valence-corrected chi connectivity index (χ0v) is 10.2. The van der Waals surface area contributed by atoms with Crippen LogP contribution in [0.3, 0.4) is 0 Å². The highest BCUT2D eigenvalue weighted by molar-refractivity contribution is 7.19. The van der Waals surface area contributed by atoms with Gasteiger partial charge in [0.25, 0.3) is 0 Å². The number of carboxylic acid groups (broad SMARTS) is 1. The monoisotopic (exact) mass is 249 g/mol. The largest absolute Gasteiger partial charge is 0.465 e. The molecule has 0 spiro atoms. The smallest absolute Gasteiger partial charge is 0.409 e. The number of anilines is 1. The third-order valence-electron chi connectivity index (χ3n) is 2.14. The van der Waals surface area contributed by atoms with E-state index in [1.165, 1.54) is 11.3 Å². The molecule has 0 unspecified atom stereocenters. The van der Waals surface area contributed by atoms with Crippen molar-refractivity contribution in [2.24, 2.45) is 0 Å². The van der Waals surface area contributed by atoms with Crippen LogP contribution >= 0.6 is 11.3 Å². The fraction of sp³-hybridized carbons (Fsp3) is 0.182. The molecule has 0 atom stereocenters. The van der Waals surface area contributed by atoms with Gasteiger partial charge in [-0.25, -0.2) is 9.78 Å². The van der Waals surface area contributed by atoms with E-state index >= 15 is 0 Å². The first-order valence-electron chi connectivity index (χ1n) is 4.95. The number of rotatable bonds is 2. The third-order valence-corrected chi connectivity index (χ3v) is 3.26. The molecular weight excluding hydrogens is 238 g/mol. The molecule has 0 radical (unpaired) electrons. The molecule has 0 saturated carbocycles. The van der Waals surface area contributed by atoms with Gasteiger partial charge in [-0.05, 0) is 25.5 Å². The van der Waals surface area contributed by atoms with Gasteiger partial charge in [0.2, 0.25) is 0 Å². The van der Waals surface area contributed by atoms with E-state index in [-0.39, 0.29) is 0 Å². The van der Waals surface area contributed by atoms with Crippen molar-refractivity contribution in [3.05, 3.63) is 29.7 Å². The number of hydrogen-bond acceptors (Lipinski definition) is 4. The zero-order valence-electron chi connectivity index (χ0n) is 9.39. The van der Waals surface area contributed by atoms with Crippen LogP contribution < -0.4 is 5.32 Å². The zero-order chi connectivity index (χ0) is 12.4. The lowest BCUT2D eigenvalue weighted by atomic mass is 10.2. The molecule has 2 aromatic rings. The lowest BCUT2D eigenvalue weighted by Gasteiger charge is -1.96. The number of amides is 1. The SMILES string of the molecule is Cc1cncc(-c2nc(C)c(NC(=O)O)s2)c1. The Morgan fingerprint density at radius 1 is 1.41 bits per heavy atom. The minimum Gasteiger partial charge on any atom is -0.465 e. The Bertz CT molecular complexity index is 566. The van der Waals surface area contributed by atoms with Crippen LogP contribution in [0.25, 0.3) is 10.6 Å². The molecule has 2 rings (SSSR count). The number of pyridine rings is 1. The maximum Gasteiger partial charge on any atom is 0.409 e. The van der Waals surface area contributed by atoms with Crippen molar-refractivity contribution in [1.29, 1.82) is 0 Å². The van der Waals surface area contributed by atoms with Crippen molar-refractivity contribution in [2.45, 2.75) is 13.8 Å². The summed E-state index contributed by atoms with van der Waals surface area (Å²) >= 11 is 1.31. The van der Waals surface area contributed by atoms with Crippen LogP contribution in [0.2, 0.25) is 0 Å². The van der Waals surface area contributed by atoms with Gasteiger partial charge in [-0.2, -0.15) is 0 Å². The highest BCUT2D eigenvalue weighted by atomic mass is 32.1. The second kappa shape index (κ2) is 4.50. The van der Waals surface area contributed by atoms with Crippen molar-refractivity contribution >= 4 is 22.4 Å². The lowest BCUT2D eigenvalue weighted by molar-refractivity contribution is 0.210. The molecule has 88 valence electrons. The van der Waals surface area contributed by atoms with Gasteiger partial charge in [-0.3, -0.25) is 10.3 Å². The van der Waals surface area contributed by atoms with Gasteiger partial charge < -0.3 is 5.11 Å². The number of nitrogens with one attached hydrogen (secondary N) is 1. The van der Waals surface area contributed by atoms with Gasteiger partial charge in [0.05, 0.1) is 5.69 Å². The first kappa shape index (κ1) is 11.5. The Hall–Kier alpha value is -1.95. The topological polar surface area (TPSA) is 75.1 Å². The normalized spacial score (nSPS) is 10.2. The van der Waals surface area contributed by atoms with E-state index in [4.69, 9.17) is 5.11 Å². The Labute approximate surface area is 102 Å². The predicted molar refractivity (Wildman–Crippen MR) is 66.5 cm³/mol. The molecule has 2 aromatic heterocycles. The van der Waals surface area contributed by atoms with Crippen molar-refractivity contribution < 1.29 is 9.90 Å². The Kier molecular flexibility index (Phi) is 3.06. The molecule has 0 aliphatic rings. The quantitative estimate of drug-likeness (QED) is 0.858. The van der Waals surface area contributed by atoms with Gasteiger partial charge in [-0.15, -0.1) is 0 Å². The van der Waals surface area contributed by atoms with E-state index < -0.39 is 6.09 Å². The van der Waals surface area contributed by atoms with E-state index in [1.54, 1.807) is 19.3 Å². The molecule has 0 aliphatic heterocycles. The predicted octanol–water partition coefficient (Wildman–Crippen LogP) is 2.91. The molecule has 17 heavy (non-hydrogen) atoms. The highest BCUT2D eigenvalue weighted by Gasteiger charge is 2.11. The number of aryl methyl sites for hydroxylation is 2. The first-order valence-corrected chi connectivity index (χ1v) is 5.77. The van der Waals surface area contributed by atoms with Crippen LogP contribution in [0.1, 0.15) is 11.3 Å². The summed E-state index contributed by atoms with van der Waals surface area (Å²) in [5.41, 5.74) is 2.62. The molecule has 0 aromatic carbocycles. The molecular formula is C11H11N3O2S. The lowest BCUT2D eigenvalue weighted by Crippen LogP contribution is -2.06. The van der Waals surface area contributed by atoms with E-state index in [0.29, 0.717) is 10.7 Å². The minimum absolute atomic E-state index is 0.550. The molecule has 0 aliphatic carbocycles. The van der Waals surface area contributed by atoms with Crippen molar-refractivity contribution in [1.82, 2.24) is 9.97 Å². The number of thiazole rings is 1. The summed E-state index contributed by atoms with van der Waals surface area (Å²) in [5, 5.41) is 12.3. The third kappa shape index (κ3) is 2.59. The average molecular weight is 249 g/mol. The van der Waals surface area contributed by atoms with Crippen LogP contribution in [0.5, 0.6) is 0 Å². The Morgan fingerprint density at radius 2 is 2.18 bits per heavy atom. The van der Waals surface area contributed by atoms with Gasteiger partial charge in [0.15, 0.2) is 0 Å². The maximum absolute atomic E-state index is 10.6. The van der Waals surface area contributed by atoms with Crippen molar-refractivity contribution in [3.8, 4) is 10.6 Å². The summed E-state index contributed by atoms with van der Waals surface area (Å²) in [7, 11) is 0. The van der Waals surface area contributed by atoms with E-state index in [2.05, 4.69) is 15.3 Å². The molecule has 0 bridgehead atoms. The molecule has 2 heterocycles. The van der Waals surface area contributed by atoms with Gasteiger partial charge in [0, 0.05) is 18.0 Å². The number of aromatic nitrogens is 2. The number of nitrogens with zero attached hydrogens (tertiary/aromatic N) is 2. The summed E-state index contributed by atoms with van der Waals surface area (Å²) in [5.74, 6) is 0. The first-order chi connectivity index (χ1) is 8.06. The van der Waals surface area contributed by atoms with Gasteiger partial charge >= 0.3 is 6.09 Å². The van der Waals surface area contributed by atoms with E-state index in [1.807, 2.05) is 13.0 Å². The maximum atomic E-state index is 10.6. The minimum atomic E-state index is -1.08. The van der Waals surface area contributed by atoms with Crippen LogP contribution in [-0.4, -0.2) is 21.2 Å². The van der Waals surface area contributed by atoms with Crippen LogP contribution in [0, 0.1) is 13.8 Å². The summed E-state index contributed by atoms with van der Waals surface area (Å²) in [6.45, 7) is 3.72. The summed E-state index contributed by atoms with van der Waals surface area (Å²) < 4.78 is 0. The average Bonchev–Trinajstić information content (AvgIpc) is 2.59. The molecule has 1 amide bonds. The number of carbonyl (C=O) groups is 1. The highest BCUT2D eigenvalue weighted by Crippen LogP contribution is 2.31. The summed E-state index contributed by atoms with van der Waals surface area (Å²) in [6, 6.07) is 1.97. The molecule has 5 nitrogen and oxygen atoms in total. The number of hydrogen-bond donors (Lipinski definition) is 2. The summed E-state index contributed by atoms with van der Waals surface area (Å²) in [6.07, 6.45) is 2.40. The molecule has 0 saturated heterocycles. The van der Waals surface area contributed by atoms with Gasteiger partial charge in [0.1, 0.15) is 10.0 Å². The van der Waals surface area contributed by atoms with Crippen molar-refractivity contribution in [2.75, 3.05) is 5.32 Å². The van der Waals surface area contributed by atoms with Crippen LogP contribution in [0.15, 0.2) is 18.5 Å². The standard InChI is InChI=1S/C11H11N3O2S/c1-6-3-8(5-12-4-6)10-13-7(2)9(17-10)14-11(15)16/h3-5,14H,1-2H3,(H,15,16). The van der Waals surface area contributed by atoms with Crippen LogP contribution in [0.4, 0.5) is 9.80 Å². The van der Waals surface area contributed by atoms with Gasteiger partial charge in [-0.1, -0.05) is 11.3 Å². The fourth-order valence-electron chi connectivity index (χ4n) is 1.40. The summed E-state index contributed by atoms with van der Waals surface area (Å²) in [4.78, 5) is 19.0. The molecule has 6 heteroatoms. The molecule has 2 N–H and O–H groups in total. The second-order valence-electron chi connectivity index (χ2n) is 3.61. The fourth-order valence-corrected chi connectivity index (χ4v) is 2.34. The van der Waals surface area contributed by atoms with E-state index in [0.717, 1.165) is 16.1 Å². The Morgan fingerprint density at radius 3 is 2.82 bits per heavy atom.